The van der Waals surface area contributed by atoms with Crippen molar-refractivity contribution in [2.24, 2.45) is 12.8 Å². The zero-order valence-corrected chi connectivity index (χ0v) is 10.7. The highest BCUT2D eigenvalue weighted by molar-refractivity contribution is 5.94. The average molecular weight is 282 g/mol. The summed E-state index contributed by atoms with van der Waals surface area (Å²) in [7, 11) is 1.36. The van der Waals surface area contributed by atoms with Crippen LogP contribution in [0.25, 0.3) is 0 Å². The molecule has 0 aliphatic carbocycles. The summed E-state index contributed by atoms with van der Waals surface area (Å²) in [4.78, 5) is 44.5. The monoisotopic (exact) mass is 282 g/mol. The highest BCUT2D eigenvalue weighted by Gasteiger charge is 2.22. The number of nitrogens with one attached hydrogen (secondary N) is 1. The minimum atomic E-state index is -1.29. The predicted molar refractivity (Wildman–Crippen MR) is 66.8 cm³/mol. The standard InChI is InChI=1S/C11H14N4O5/c1-15-9(17)5-3-6(14-15)10(18)13-7(11(19)20)2-4-8(12)16/h3,5,7H,2,4H2,1H3,(H2,12,16)(H,13,18)(H,19,20). The van der Waals surface area contributed by atoms with Crippen LogP contribution < -0.4 is 16.6 Å². The van der Waals surface area contributed by atoms with Crippen molar-refractivity contribution in [2.45, 2.75) is 18.9 Å². The van der Waals surface area contributed by atoms with Crippen molar-refractivity contribution in [1.82, 2.24) is 15.1 Å². The molecule has 9 heteroatoms. The molecular weight excluding hydrogens is 268 g/mol. The maximum Gasteiger partial charge on any atom is 0.326 e. The highest BCUT2D eigenvalue weighted by Crippen LogP contribution is 2.00. The quantitative estimate of drug-likeness (QED) is 0.563. The van der Waals surface area contributed by atoms with Crippen molar-refractivity contribution in [3.05, 3.63) is 28.2 Å². The molecule has 1 atom stereocenters. The normalized spacial score (nSPS) is 11.7. The third kappa shape index (κ3) is 4.19. The number of hydrogen-bond donors (Lipinski definition) is 3. The Kier molecular flexibility index (Phi) is 4.95. The van der Waals surface area contributed by atoms with E-state index in [1.807, 2.05) is 0 Å². The van der Waals surface area contributed by atoms with Crippen LogP contribution in [-0.4, -0.2) is 38.7 Å². The molecule has 9 nitrogen and oxygen atoms in total. The van der Waals surface area contributed by atoms with E-state index in [1.54, 1.807) is 0 Å². The molecule has 1 aromatic rings. The molecule has 20 heavy (non-hydrogen) atoms. The van der Waals surface area contributed by atoms with Crippen molar-refractivity contribution < 1.29 is 19.5 Å². The SMILES string of the molecule is Cn1nc(C(=O)NC(CCC(N)=O)C(=O)O)ccc1=O. The van der Waals surface area contributed by atoms with E-state index in [-0.39, 0.29) is 18.5 Å². The first-order valence-electron chi connectivity index (χ1n) is 5.67. The van der Waals surface area contributed by atoms with Gasteiger partial charge in [-0.25, -0.2) is 9.48 Å². The molecule has 0 bridgehead atoms. The van der Waals surface area contributed by atoms with Gasteiger partial charge in [-0.15, -0.1) is 0 Å². The van der Waals surface area contributed by atoms with Gasteiger partial charge < -0.3 is 16.2 Å². The van der Waals surface area contributed by atoms with E-state index < -0.39 is 29.4 Å². The lowest BCUT2D eigenvalue weighted by Gasteiger charge is -2.13. The lowest BCUT2D eigenvalue weighted by atomic mass is 10.1. The number of nitrogens with zero attached hydrogens (tertiary/aromatic N) is 2. The minimum Gasteiger partial charge on any atom is -0.480 e. The summed E-state index contributed by atoms with van der Waals surface area (Å²) in [6.07, 6.45) is -0.292. The van der Waals surface area contributed by atoms with Gasteiger partial charge in [-0.1, -0.05) is 0 Å². The lowest BCUT2D eigenvalue weighted by Crippen LogP contribution is -2.42. The summed E-state index contributed by atoms with van der Waals surface area (Å²) in [6, 6.07) is 1.07. The van der Waals surface area contributed by atoms with Crippen LogP contribution in [-0.2, 0) is 16.6 Å². The third-order valence-corrected chi connectivity index (χ3v) is 2.48. The second kappa shape index (κ2) is 6.45. The number of amides is 2. The number of rotatable bonds is 6. The topological polar surface area (TPSA) is 144 Å². The third-order valence-electron chi connectivity index (χ3n) is 2.48. The molecule has 0 fully saturated rings. The molecule has 108 valence electrons. The molecule has 0 aliphatic heterocycles. The molecule has 1 unspecified atom stereocenters. The average Bonchev–Trinajstić information content (AvgIpc) is 2.36. The summed E-state index contributed by atoms with van der Waals surface area (Å²) >= 11 is 0. The van der Waals surface area contributed by atoms with Crippen molar-refractivity contribution >= 4 is 17.8 Å². The fraction of sp³-hybridized carbons (Fsp3) is 0.364. The Balaban J connectivity index is 2.79. The first-order chi connectivity index (χ1) is 9.31. The van der Waals surface area contributed by atoms with E-state index >= 15 is 0 Å². The zero-order valence-electron chi connectivity index (χ0n) is 10.7. The second-order valence-electron chi connectivity index (χ2n) is 4.05. The number of carboxylic acid groups (broad SMARTS) is 1. The summed E-state index contributed by atoms with van der Waals surface area (Å²) in [5, 5.41) is 14.8. The Hall–Kier alpha value is -2.71. The molecule has 4 N–H and O–H groups in total. The van der Waals surface area contributed by atoms with Crippen LogP contribution in [0.1, 0.15) is 23.3 Å². The lowest BCUT2D eigenvalue weighted by molar-refractivity contribution is -0.139. The Morgan fingerprint density at radius 2 is 2.10 bits per heavy atom. The fourth-order valence-electron chi connectivity index (χ4n) is 1.40. The predicted octanol–water partition coefficient (Wildman–Crippen LogP) is -1.77. The molecule has 0 aromatic carbocycles. The van der Waals surface area contributed by atoms with Crippen LogP contribution in [0.3, 0.4) is 0 Å². The van der Waals surface area contributed by atoms with Gasteiger partial charge in [-0.3, -0.25) is 14.4 Å². The van der Waals surface area contributed by atoms with E-state index in [1.165, 1.54) is 13.1 Å². The number of carboxylic acids is 1. The molecule has 0 saturated carbocycles. The highest BCUT2D eigenvalue weighted by atomic mass is 16.4. The summed E-state index contributed by atoms with van der Waals surface area (Å²) < 4.78 is 0.952. The molecule has 0 spiro atoms. The first-order valence-corrected chi connectivity index (χ1v) is 5.67. The summed E-state index contributed by atoms with van der Waals surface area (Å²) in [6.45, 7) is 0. The zero-order chi connectivity index (χ0) is 15.3. The van der Waals surface area contributed by atoms with E-state index in [9.17, 15) is 19.2 Å². The maximum atomic E-state index is 11.8. The van der Waals surface area contributed by atoms with Gasteiger partial charge >= 0.3 is 5.97 Å². The van der Waals surface area contributed by atoms with Crippen LogP contribution >= 0.6 is 0 Å². The first kappa shape index (κ1) is 15.3. The van der Waals surface area contributed by atoms with Crippen LogP contribution in [0.5, 0.6) is 0 Å². The Morgan fingerprint density at radius 3 is 2.60 bits per heavy atom. The van der Waals surface area contributed by atoms with Gasteiger partial charge in [0.2, 0.25) is 5.91 Å². The molecule has 0 saturated heterocycles. The van der Waals surface area contributed by atoms with Crippen LogP contribution in [0, 0.1) is 0 Å². The van der Waals surface area contributed by atoms with Crippen LogP contribution in [0.2, 0.25) is 0 Å². The van der Waals surface area contributed by atoms with Crippen LogP contribution in [0.4, 0.5) is 0 Å². The van der Waals surface area contributed by atoms with Crippen molar-refractivity contribution in [2.75, 3.05) is 0 Å². The number of primary amides is 1. The number of aryl methyl sites for hydroxylation is 1. The van der Waals surface area contributed by atoms with E-state index in [0.29, 0.717) is 0 Å². The number of carbonyl (C=O) groups excluding carboxylic acids is 2. The largest absolute Gasteiger partial charge is 0.480 e. The molecule has 0 aliphatic rings. The molecule has 1 rings (SSSR count). The van der Waals surface area contributed by atoms with Crippen molar-refractivity contribution in [3.8, 4) is 0 Å². The van der Waals surface area contributed by atoms with Gasteiger partial charge in [0.25, 0.3) is 11.5 Å². The Labute approximate surface area is 113 Å². The smallest absolute Gasteiger partial charge is 0.326 e. The number of aliphatic carboxylic acids is 1. The molecule has 0 radical (unpaired) electrons. The number of hydrogen-bond acceptors (Lipinski definition) is 5. The van der Waals surface area contributed by atoms with Gasteiger partial charge in [0.05, 0.1) is 0 Å². The molecule has 1 aromatic heterocycles. The van der Waals surface area contributed by atoms with E-state index in [2.05, 4.69) is 10.4 Å². The van der Waals surface area contributed by atoms with Crippen molar-refractivity contribution in [1.29, 1.82) is 0 Å². The molecular formula is C11H14N4O5. The fourth-order valence-corrected chi connectivity index (χ4v) is 1.40. The van der Waals surface area contributed by atoms with E-state index in [0.717, 1.165) is 10.7 Å². The minimum absolute atomic E-state index is 0.0996. The molecule has 1 heterocycles. The second-order valence-corrected chi connectivity index (χ2v) is 4.05. The summed E-state index contributed by atoms with van der Waals surface area (Å²) in [5.74, 6) is -2.70. The Bertz CT molecular complexity index is 595. The number of aromatic nitrogens is 2. The Morgan fingerprint density at radius 1 is 1.45 bits per heavy atom. The van der Waals surface area contributed by atoms with Gasteiger partial charge in [0.1, 0.15) is 11.7 Å². The van der Waals surface area contributed by atoms with Crippen molar-refractivity contribution in [3.63, 3.8) is 0 Å². The van der Waals surface area contributed by atoms with E-state index in [4.69, 9.17) is 10.8 Å². The molecule has 2 amide bonds. The van der Waals surface area contributed by atoms with Gasteiger partial charge in [-0.05, 0) is 12.5 Å². The van der Waals surface area contributed by atoms with Gasteiger partial charge in [0.15, 0.2) is 0 Å². The van der Waals surface area contributed by atoms with Gasteiger partial charge in [0, 0.05) is 19.5 Å². The summed E-state index contributed by atoms with van der Waals surface area (Å²) in [5.41, 5.74) is 4.43. The van der Waals surface area contributed by atoms with Gasteiger partial charge in [-0.2, -0.15) is 5.10 Å². The number of nitrogens with two attached hydrogens (primary N) is 1. The number of carbonyl (C=O) groups is 3. The van der Waals surface area contributed by atoms with Crippen LogP contribution in [0.15, 0.2) is 16.9 Å². The maximum absolute atomic E-state index is 11.8.